The summed E-state index contributed by atoms with van der Waals surface area (Å²) in [6, 6.07) is 8.46. The molecule has 1 aromatic heterocycles. The van der Waals surface area contributed by atoms with Gasteiger partial charge in [-0.15, -0.1) is 0 Å². The number of nitrogens with zero attached hydrogens (tertiary/aromatic N) is 3. The van der Waals surface area contributed by atoms with Gasteiger partial charge in [0, 0.05) is 43.3 Å². The third-order valence-electron chi connectivity index (χ3n) is 5.63. The Labute approximate surface area is 155 Å². The minimum atomic E-state index is 0.279. The Morgan fingerprint density at radius 3 is 2.46 bits per heavy atom. The van der Waals surface area contributed by atoms with Crippen LogP contribution in [0.2, 0.25) is 0 Å². The second-order valence-corrected chi connectivity index (χ2v) is 7.48. The summed E-state index contributed by atoms with van der Waals surface area (Å²) in [6.07, 6.45) is 7.49. The number of likely N-dealkylation sites (tertiary alicyclic amines) is 1. The Kier molecular flexibility index (Phi) is 5.56. The van der Waals surface area contributed by atoms with E-state index in [0.717, 1.165) is 64.5 Å². The number of ether oxygens (including phenoxy) is 1. The highest BCUT2D eigenvalue weighted by molar-refractivity contribution is 5.89. The second-order valence-electron chi connectivity index (χ2n) is 7.48. The zero-order chi connectivity index (χ0) is 17.8. The van der Waals surface area contributed by atoms with Crippen molar-refractivity contribution in [2.45, 2.75) is 38.8 Å². The minimum absolute atomic E-state index is 0.279. The second kappa shape index (κ2) is 8.23. The number of para-hydroxylation sites is 1. The van der Waals surface area contributed by atoms with Crippen molar-refractivity contribution in [1.82, 2.24) is 14.4 Å². The number of aromatic nitrogens is 1. The number of carbonyl (C=O) groups excluding carboxylic acids is 1. The molecule has 140 valence electrons. The molecular weight excluding hydrogens is 326 g/mol. The molecule has 1 amide bonds. The van der Waals surface area contributed by atoms with Gasteiger partial charge in [0.05, 0.1) is 26.3 Å². The molecule has 2 aromatic rings. The highest BCUT2D eigenvalue weighted by Crippen LogP contribution is 2.23. The normalized spacial score (nSPS) is 19.6. The minimum Gasteiger partial charge on any atom is -0.379 e. The monoisotopic (exact) mass is 355 g/mol. The predicted molar refractivity (Wildman–Crippen MR) is 103 cm³/mol. The highest BCUT2D eigenvalue weighted by atomic mass is 16.5. The van der Waals surface area contributed by atoms with Crippen LogP contribution in [0.1, 0.15) is 31.2 Å². The van der Waals surface area contributed by atoms with Gasteiger partial charge in [0.1, 0.15) is 0 Å². The van der Waals surface area contributed by atoms with E-state index in [2.05, 4.69) is 44.8 Å². The van der Waals surface area contributed by atoms with E-state index in [0.29, 0.717) is 6.42 Å². The number of benzene rings is 1. The van der Waals surface area contributed by atoms with Crippen molar-refractivity contribution in [2.24, 2.45) is 0 Å². The molecule has 0 aliphatic carbocycles. The third kappa shape index (κ3) is 3.94. The van der Waals surface area contributed by atoms with Crippen LogP contribution in [0, 0.1) is 0 Å². The van der Waals surface area contributed by atoms with Crippen molar-refractivity contribution in [3.8, 4) is 0 Å². The molecule has 1 aromatic carbocycles. The number of carbonyl (C=O) groups is 1. The van der Waals surface area contributed by atoms with E-state index < -0.39 is 0 Å². The van der Waals surface area contributed by atoms with Gasteiger partial charge in [-0.25, -0.2) is 0 Å². The van der Waals surface area contributed by atoms with E-state index in [1.54, 1.807) is 0 Å². The van der Waals surface area contributed by atoms with E-state index in [4.69, 9.17) is 4.74 Å². The van der Waals surface area contributed by atoms with Crippen molar-refractivity contribution in [3.05, 3.63) is 36.0 Å². The Morgan fingerprint density at radius 2 is 1.69 bits per heavy atom. The van der Waals surface area contributed by atoms with Crippen LogP contribution in [-0.2, 0) is 22.6 Å². The number of morpholine rings is 1. The van der Waals surface area contributed by atoms with Gasteiger partial charge in [-0.1, -0.05) is 31.0 Å². The summed E-state index contributed by atoms with van der Waals surface area (Å²) in [6.45, 7) is 6.25. The molecule has 5 nitrogen and oxygen atoms in total. The first-order chi connectivity index (χ1) is 12.8. The number of amides is 1. The van der Waals surface area contributed by atoms with Gasteiger partial charge in [0.15, 0.2) is 0 Å². The molecule has 0 radical (unpaired) electrons. The first-order valence-corrected chi connectivity index (χ1v) is 9.96. The van der Waals surface area contributed by atoms with Gasteiger partial charge >= 0.3 is 0 Å². The van der Waals surface area contributed by atoms with Crippen LogP contribution in [-0.4, -0.2) is 59.7 Å². The van der Waals surface area contributed by atoms with Crippen LogP contribution in [0.25, 0.3) is 10.9 Å². The average Bonchev–Trinajstić information content (AvgIpc) is 2.86. The van der Waals surface area contributed by atoms with Crippen molar-refractivity contribution >= 4 is 16.8 Å². The molecule has 2 fully saturated rings. The Bertz CT molecular complexity index is 741. The summed E-state index contributed by atoms with van der Waals surface area (Å²) < 4.78 is 7.76. The lowest BCUT2D eigenvalue weighted by Crippen LogP contribution is -2.37. The maximum atomic E-state index is 12.9. The quantitative estimate of drug-likeness (QED) is 0.846. The topological polar surface area (TPSA) is 37.7 Å². The van der Waals surface area contributed by atoms with Crippen molar-refractivity contribution in [2.75, 3.05) is 39.4 Å². The summed E-state index contributed by atoms with van der Waals surface area (Å²) in [5.74, 6) is 0.279. The molecule has 0 atom stereocenters. The van der Waals surface area contributed by atoms with Gasteiger partial charge in [-0.2, -0.15) is 0 Å². The van der Waals surface area contributed by atoms with Crippen molar-refractivity contribution < 1.29 is 9.53 Å². The molecular formula is C21H29N3O2. The Hall–Kier alpha value is -1.85. The molecule has 3 heterocycles. The molecule has 26 heavy (non-hydrogen) atoms. The first-order valence-electron chi connectivity index (χ1n) is 9.96. The molecule has 5 heteroatoms. The van der Waals surface area contributed by atoms with E-state index in [9.17, 15) is 4.79 Å². The van der Waals surface area contributed by atoms with Crippen LogP contribution in [0.4, 0.5) is 0 Å². The highest BCUT2D eigenvalue weighted by Gasteiger charge is 2.19. The molecule has 4 rings (SSSR count). The van der Waals surface area contributed by atoms with Gasteiger partial charge in [0.25, 0.3) is 0 Å². The molecule has 2 aliphatic rings. The van der Waals surface area contributed by atoms with E-state index in [1.807, 2.05) is 0 Å². The lowest BCUT2D eigenvalue weighted by atomic mass is 10.1. The lowest BCUT2D eigenvalue weighted by Gasteiger charge is -2.27. The number of hydrogen-bond acceptors (Lipinski definition) is 3. The number of fused-ring (bicyclic) bond motifs is 1. The summed E-state index contributed by atoms with van der Waals surface area (Å²) in [4.78, 5) is 17.3. The smallest absolute Gasteiger partial charge is 0.227 e. The first kappa shape index (κ1) is 17.6. The Balaban J connectivity index is 1.53. The lowest BCUT2D eigenvalue weighted by molar-refractivity contribution is -0.130. The van der Waals surface area contributed by atoms with Crippen molar-refractivity contribution in [1.29, 1.82) is 0 Å². The fourth-order valence-corrected chi connectivity index (χ4v) is 4.13. The fraction of sp³-hybridized carbons (Fsp3) is 0.571. The fourth-order valence-electron chi connectivity index (χ4n) is 4.13. The molecule has 0 bridgehead atoms. The summed E-state index contributed by atoms with van der Waals surface area (Å²) in [5, 5.41) is 1.21. The molecule has 2 aliphatic heterocycles. The summed E-state index contributed by atoms with van der Waals surface area (Å²) in [7, 11) is 0. The van der Waals surface area contributed by atoms with Crippen LogP contribution in [0.3, 0.4) is 0 Å². The van der Waals surface area contributed by atoms with E-state index in [-0.39, 0.29) is 5.91 Å². The van der Waals surface area contributed by atoms with Crippen LogP contribution in [0.5, 0.6) is 0 Å². The maximum absolute atomic E-state index is 12.9. The van der Waals surface area contributed by atoms with Gasteiger partial charge in [-0.3, -0.25) is 9.69 Å². The van der Waals surface area contributed by atoms with Gasteiger partial charge in [0.2, 0.25) is 5.91 Å². The third-order valence-corrected chi connectivity index (χ3v) is 5.63. The number of rotatable bonds is 4. The SMILES string of the molecule is O=C(Cc1cn(CN2CCOCC2)c2ccccc12)N1CCCCCC1. The zero-order valence-electron chi connectivity index (χ0n) is 15.5. The molecule has 2 saturated heterocycles. The maximum Gasteiger partial charge on any atom is 0.227 e. The standard InChI is InChI=1S/C21H29N3O2/c25-21(23-9-5-1-2-6-10-23)15-18-16-24(17-22-11-13-26-14-12-22)20-8-4-3-7-19(18)20/h3-4,7-8,16H,1-2,5-6,9-15,17H2. The van der Waals surface area contributed by atoms with Crippen LogP contribution in [0.15, 0.2) is 30.5 Å². The number of hydrogen-bond donors (Lipinski definition) is 0. The summed E-state index contributed by atoms with van der Waals surface area (Å²) in [5.41, 5.74) is 2.38. The largest absolute Gasteiger partial charge is 0.379 e. The van der Waals surface area contributed by atoms with Crippen LogP contribution < -0.4 is 0 Å². The van der Waals surface area contributed by atoms with Gasteiger partial charge in [-0.05, 0) is 24.5 Å². The average molecular weight is 355 g/mol. The zero-order valence-corrected chi connectivity index (χ0v) is 15.5. The molecule has 0 unspecified atom stereocenters. The van der Waals surface area contributed by atoms with Crippen LogP contribution >= 0.6 is 0 Å². The van der Waals surface area contributed by atoms with Gasteiger partial charge < -0.3 is 14.2 Å². The predicted octanol–water partition coefficient (Wildman–Crippen LogP) is 2.88. The van der Waals surface area contributed by atoms with E-state index in [1.165, 1.54) is 23.7 Å². The molecule has 0 saturated carbocycles. The molecule has 0 N–H and O–H groups in total. The van der Waals surface area contributed by atoms with E-state index >= 15 is 0 Å². The van der Waals surface area contributed by atoms with Crippen molar-refractivity contribution in [3.63, 3.8) is 0 Å². The Morgan fingerprint density at radius 1 is 0.962 bits per heavy atom. The summed E-state index contributed by atoms with van der Waals surface area (Å²) >= 11 is 0. The molecule has 0 spiro atoms.